The van der Waals surface area contributed by atoms with Crippen molar-refractivity contribution in [2.75, 3.05) is 0 Å². The Bertz CT molecular complexity index is 490. The first-order valence-electron chi connectivity index (χ1n) is 6.20. The molecule has 1 atom stereocenters. The SMILES string of the molecule is CC[C@@H](N)c1cncn1CCc1ccc(F)cc1. The lowest BCUT2D eigenvalue weighted by molar-refractivity contribution is 0.587. The Kier molecular flexibility index (Phi) is 4.10. The maximum absolute atomic E-state index is 12.8. The highest BCUT2D eigenvalue weighted by Gasteiger charge is 2.09. The molecule has 0 aliphatic carbocycles. The van der Waals surface area contributed by atoms with Gasteiger partial charge in [-0.3, -0.25) is 0 Å². The lowest BCUT2D eigenvalue weighted by Gasteiger charge is -2.12. The van der Waals surface area contributed by atoms with Crippen LogP contribution in [0.5, 0.6) is 0 Å². The van der Waals surface area contributed by atoms with Gasteiger partial charge >= 0.3 is 0 Å². The third kappa shape index (κ3) is 2.96. The molecule has 0 saturated heterocycles. The second-order valence-corrected chi connectivity index (χ2v) is 4.40. The summed E-state index contributed by atoms with van der Waals surface area (Å²) in [6.45, 7) is 2.87. The van der Waals surface area contributed by atoms with Gasteiger partial charge in [0.25, 0.3) is 0 Å². The molecule has 0 saturated carbocycles. The van der Waals surface area contributed by atoms with Gasteiger partial charge in [0.2, 0.25) is 0 Å². The van der Waals surface area contributed by atoms with Crippen LogP contribution in [0.4, 0.5) is 4.39 Å². The molecule has 2 N–H and O–H groups in total. The van der Waals surface area contributed by atoms with Gasteiger partial charge in [0.05, 0.1) is 12.0 Å². The van der Waals surface area contributed by atoms with Crippen LogP contribution >= 0.6 is 0 Å². The average molecular weight is 247 g/mol. The maximum atomic E-state index is 12.8. The molecule has 4 heteroatoms. The third-order valence-corrected chi connectivity index (χ3v) is 3.12. The van der Waals surface area contributed by atoms with Gasteiger partial charge in [0, 0.05) is 18.8 Å². The first-order chi connectivity index (χ1) is 8.70. The van der Waals surface area contributed by atoms with Crippen molar-refractivity contribution in [3.05, 3.63) is 53.9 Å². The van der Waals surface area contributed by atoms with Crippen LogP contribution in [0.1, 0.15) is 30.6 Å². The van der Waals surface area contributed by atoms with E-state index in [1.54, 1.807) is 6.33 Å². The van der Waals surface area contributed by atoms with Gasteiger partial charge in [0.1, 0.15) is 5.82 Å². The summed E-state index contributed by atoms with van der Waals surface area (Å²) in [5.41, 5.74) is 8.19. The zero-order valence-corrected chi connectivity index (χ0v) is 10.5. The molecule has 2 aromatic rings. The number of nitrogens with two attached hydrogens (primary N) is 1. The zero-order chi connectivity index (χ0) is 13.0. The lowest BCUT2D eigenvalue weighted by Crippen LogP contribution is -2.15. The summed E-state index contributed by atoms with van der Waals surface area (Å²) in [6.07, 6.45) is 5.36. The minimum Gasteiger partial charge on any atom is -0.333 e. The number of imidazole rings is 1. The van der Waals surface area contributed by atoms with Crippen LogP contribution in [-0.4, -0.2) is 9.55 Å². The average Bonchev–Trinajstić information content (AvgIpc) is 2.85. The van der Waals surface area contributed by atoms with Gasteiger partial charge in [-0.25, -0.2) is 9.37 Å². The van der Waals surface area contributed by atoms with Crippen molar-refractivity contribution in [2.45, 2.75) is 32.4 Å². The van der Waals surface area contributed by atoms with Gasteiger partial charge in [0.15, 0.2) is 0 Å². The molecule has 0 bridgehead atoms. The lowest BCUT2D eigenvalue weighted by atomic mass is 10.1. The van der Waals surface area contributed by atoms with Crippen molar-refractivity contribution in [1.82, 2.24) is 9.55 Å². The molecule has 1 aromatic carbocycles. The molecule has 0 aliphatic rings. The van der Waals surface area contributed by atoms with Gasteiger partial charge in [-0.1, -0.05) is 19.1 Å². The molecule has 96 valence electrons. The second kappa shape index (κ2) is 5.78. The van der Waals surface area contributed by atoms with E-state index in [1.165, 1.54) is 12.1 Å². The van der Waals surface area contributed by atoms with Crippen molar-refractivity contribution in [3.8, 4) is 0 Å². The van der Waals surface area contributed by atoms with E-state index < -0.39 is 0 Å². The van der Waals surface area contributed by atoms with Crippen LogP contribution in [0, 0.1) is 5.82 Å². The van der Waals surface area contributed by atoms with E-state index in [4.69, 9.17) is 5.73 Å². The first kappa shape index (κ1) is 12.8. The fourth-order valence-electron chi connectivity index (χ4n) is 1.94. The minimum absolute atomic E-state index is 0.0284. The number of rotatable bonds is 5. The van der Waals surface area contributed by atoms with Crippen molar-refractivity contribution >= 4 is 0 Å². The smallest absolute Gasteiger partial charge is 0.123 e. The van der Waals surface area contributed by atoms with Crippen molar-refractivity contribution in [2.24, 2.45) is 5.73 Å². The predicted octanol–water partition coefficient (Wildman–Crippen LogP) is 2.67. The molecule has 1 heterocycles. The topological polar surface area (TPSA) is 43.8 Å². The number of hydrogen-bond donors (Lipinski definition) is 1. The third-order valence-electron chi connectivity index (χ3n) is 3.12. The standard InChI is InChI=1S/C14H18FN3/c1-2-13(16)14-9-17-10-18(14)8-7-11-3-5-12(15)6-4-11/h3-6,9-10,13H,2,7-8,16H2,1H3/t13-/m1/s1. The fraction of sp³-hybridized carbons (Fsp3) is 0.357. The second-order valence-electron chi connectivity index (χ2n) is 4.40. The van der Waals surface area contributed by atoms with E-state index >= 15 is 0 Å². The van der Waals surface area contributed by atoms with Crippen LogP contribution in [0.15, 0.2) is 36.8 Å². The summed E-state index contributed by atoms with van der Waals surface area (Å²) in [6, 6.07) is 6.63. The van der Waals surface area contributed by atoms with Crippen LogP contribution in [-0.2, 0) is 13.0 Å². The molecular formula is C14H18FN3. The molecule has 18 heavy (non-hydrogen) atoms. The summed E-state index contributed by atoms with van der Waals surface area (Å²) in [7, 11) is 0. The fourth-order valence-corrected chi connectivity index (χ4v) is 1.94. The highest BCUT2D eigenvalue weighted by Crippen LogP contribution is 2.14. The zero-order valence-electron chi connectivity index (χ0n) is 10.5. The van der Waals surface area contributed by atoms with Gasteiger partial charge in [-0.2, -0.15) is 0 Å². The molecule has 0 spiro atoms. The van der Waals surface area contributed by atoms with E-state index in [1.807, 2.05) is 18.3 Å². The Morgan fingerprint density at radius 1 is 1.33 bits per heavy atom. The largest absolute Gasteiger partial charge is 0.333 e. The molecule has 3 nitrogen and oxygen atoms in total. The monoisotopic (exact) mass is 247 g/mol. The van der Waals surface area contributed by atoms with Gasteiger partial charge in [-0.15, -0.1) is 0 Å². The molecule has 1 aromatic heterocycles. The number of aromatic nitrogens is 2. The highest BCUT2D eigenvalue weighted by molar-refractivity contribution is 5.16. The Morgan fingerprint density at radius 2 is 2.06 bits per heavy atom. The van der Waals surface area contributed by atoms with E-state index in [9.17, 15) is 4.39 Å². The van der Waals surface area contributed by atoms with E-state index in [0.29, 0.717) is 0 Å². The Morgan fingerprint density at radius 3 is 2.72 bits per heavy atom. The summed E-state index contributed by atoms with van der Waals surface area (Å²) in [5.74, 6) is -0.199. The quantitative estimate of drug-likeness (QED) is 0.882. The molecule has 2 rings (SSSR count). The Hall–Kier alpha value is -1.68. The van der Waals surface area contributed by atoms with E-state index in [2.05, 4.69) is 16.5 Å². The van der Waals surface area contributed by atoms with Crippen molar-refractivity contribution in [3.63, 3.8) is 0 Å². The first-order valence-corrected chi connectivity index (χ1v) is 6.20. The maximum Gasteiger partial charge on any atom is 0.123 e. The number of benzene rings is 1. The number of nitrogens with zero attached hydrogens (tertiary/aromatic N) is 2. The number of hydrogen-bond acceptors (Lipinski definition) is 2. The Labute approximate surface area is 106 Å². The van der Waals surface area contributed by atoms with Crippen LogP contribution in [0.25, 0.3) is 0 Å². The molecule has 0 radical (unpaired) electrons. The van der Waals surface area contributed by atoms with Crippen molar-refractivity contribution in [1.29, 1.82) is 0 Å². The predicted molar refractivity (Wildman–Crippen MR) is 69.6 cm³/mol. The van der Waals surface area contributed by atoms with Crippen molar-refractivity contribution < 1.29 is 4.39 Å². The molecule has 0 unspecified atom stereocenters. The van der Waals surface area contributed by atoms with E-state index in [0.717, 1.165) is 30.6 Å². The number of aryl methyl sites for hydroxylation is 2. The normalized spacial score (nSPS) is 12.6. The van der Waals surface area contributed by atoms with E-state index in [-0.39, 0.29) is 11.9 Å². The van der Waals surface area contributed by atoms with Crippen LogP contribution in [0.3, 0.4) is 0 Å². The minimum atomic E-state index is -0.199. The summed E-state index contributed by atoms with van der Waals surface area (Å²) in [5, 5.41) is 0. The molecular weight excluding hydrogens is 229 g/mol. The van der Waals surface area contributed by atoms with Gasteiger partial charge < -0.3 is 10.3 Å². The molecule has 0 aliphatic heterocycles. The summed E-state index contributed by atoms with van der Waals surface area (Å²) < 4.78 is 14.9. The molecule has 0 fully saturated rings. The van der Waals surface area contributed by atoms with Crippen LogP contribution in [0.2, 0.25) is 0 Å². The molecule has 0 amide bonds. The highest BCUT2D eigenvalue weighted by atomic mass is 19.1. The number of halogens is 1. The van der Waals surface area contributed by atoms with Crippen LogP contribution < -0.4 is 5.73 Å². The Balaban J connectivity index is 2.02. The van der Waals surface area contributed by atoms with Gasteiger partial charge in [-0.05, 0) is 30.5 Å². The summed E-state index contributed by atoms with van der Waals surface area (Å²) in [4.78, 5) is 4.14. The summed E-state index contributed by atoms with van der Waals surface area (Å²) >= 11 is 0.